The minimum Gasteiger partial charge on any atom is -0.386 e. The molecule has 1 saturated heterocycles. The van der Waals surface area contributed by atoms with Gasteiger partial charge in [0.2, 0.25) is 0 Å². The van der Waals surface area contributed by atoms with E-state index in [1.54, 1.807) is 5.92 Å². The highest BCUT2D eigenvalue weighted by Crippen LogP contribution is 2.66. The van der Waals surface area contributed by atoms with E-state index in [2.05, 4.69) is 30.3 Å². The second-order valence-corrected chi connectivity index (χ2v) is 11.2. The fraction of sp³-hybridized carbons (Fsp3) is 0.455. The van der Waals surface area contributed by atoms with E-state index in [0.717, 1.165) is 0 Å². The zero-order chi connectivity index (χ0) is 24.7. The summed E-state index contributed by atoms with van der Waals surface area (Å²) in [7, 11) is -17.1. The van der Waals surface area contributed by atoms with Crippen LogP contribution >= 0.6 is 47.9 Å². The van der Waals surface area contributed by atoms with Crippen molar-refractivity contribution in [1.29, 1.82) is 0 Å². The molecule has 21 heteroatoms. The van der Waals surface area contributed by atoms with Gasteiger partial charge in [-0.1, -0.05) is 18.1 Å². The molecule has 0 amide bonds. The van der Waals surface area contributed by atoms with Crippen LogP contribution in [0.4, 0.5) is 8.78 Å². The molecule has 6 N–H and O–H groups in total. The molecule has 1 aliphatic heterocycles. The predicted octanol–water partition coefficient (Wildman–Crippen LogP) is 1.36. The maximum Gasteiger partial charge on any atom is 0.490 e. The molecule has 2 heterocycles. The summed E-state index contributed by atoms with van der Waals surface area (Å²) in [6.07, 6.45) is -0.652. The third-order valence-electron chi connectivity index (χ3n) is 3.68. The number of nitrogens with one attached hydrogen (secondary N) is 1. The van der Waals surface area contributed by atoms with Crippen molar-refractivity contribution in [3.05, 3.63) is 21.4 Å². The van der Waals surface area contributed by atoms with Crippen LogP contribution in [-0.4, -0.2) is 58.7 Å². The van der Waals surface area contributed by atoms with Gasteiger partial charge in [0.25, 0.3) is 0 Å². The van der Waals surface area contributed by atoms with Gasteiger partial charge in [-0.3, -0.25) is 9.09 Å². The summed E-state index contributed by atoms with van der Waals surface area (Å²) in [4.78, 5) is 37.9. The predicted molar refractivity (Wildman–Crippen MR) is 103 cm³/mol. The van der Waals surface area contributed by atoms with Crippen molar-refractivity contribution < 1.29 is 65.0 Å². The lowest BCUT2D eigenvalue weighted by atomic mass is 9.98. The van der Waals surface area contributed by atoms with Crippen LogP contribution in [0, 0.1) is 27.6 Å². The Kier molecular flexibility index (Phi) is 8.16. The lowest BCUT2D eigenvalue weighted by Crippen LogP contribution is -2.44. The number of aromatic nitrogens is 2. The van der Waals surface area contributed by atoms with Crippen LogP contribution in [0.25, 0.3) is 0 Å². The molecule has 1 aromatic heterocycles. The molecule has 0 aliphatic carbocycles. The molecule has 0 bridgehead atoms. The van der Waals surface area contributed by atoms with Crippen molar-refractivity contribution in [3.8, 4) is 12.3 Å². The number of nitrogens with zero attached hydrogens (tertiary/aromatic N) is 1. The van der Waals surface area contributed by atoms with Crippen molar-refractivity contribution >= 4 is 47.9 Å². The average Bonchev–Trinajstić information content (AvgIpc) is 2.85. The number of aliphatic hydroxyl groups is 1. The molecule has 1 aliphatic rings. The highest BCUT2D eigenvalue weighted by molar-refractivity contribution is 7.72. The number of H-pyrrole nitrogens is 1. The van der Waals surface area contributed by atoms with E-state index in [9.17, 15) is 32.5 Å². The lowest BCUT2D eigenvalue weighted by molar-refractivity contribution is -0.0903. The van der Waals surface area contributed by atoms with E-state index < -0.39 is 64.6 Å². The molecule has 0 radical (unpaired) electrons. The molecular weight excluding hydrogens is 547 g/mol. The summed E-state index contributed by atoms with van der Waals surface area (Å²) in [5, 5.41) is 10.2. The fourth-order valence-electron chi connectivity index (χ4n) is 2.38. The minimum absolute atomic E-state index is 0.336. The topological polar surface area (TPSA) is 210 Å². The summed E-state index contributed by atoms with van der Waals surface area (Å²) in [6.45, 7) is -1.36. The number of phosphoric acid groups is 3. The van der Waals surface area contributed by atoms with E-state index in [1.165, 1.54) is 0 Å². The quantitative estimate of drug-likeness (QED) is 0.151. The van der Waals surface area contributed by atoms with Crippen LogP contribution in [0.1, 0.15) is 6.23 Å². The second-order valence-electron chi connectivity index (χ2n) is 5.94. The Hall–Kier alpha value is -0.730. The fourth-order valence-corrected chi connectivity index (χ4v) is 5.91. The van der Waals surface area contributed by atoms with Crippen LogP contribution in [0.3, 0.4) is 0 Å². The monoisotopic (exact) mass is 560 g/mol. The number of ether oxygens (including phenoxy) is 1. The molecule has 32 heavy (non-hydrogen) atoms. The number of alkyl halides is 1. The Labute approximate surface area is 187 Å². The minimum atomic E-state index is -5.84. The maximum absolute atomic E-state index is 14.7. The van der Waals surface area contributed by atoms with E-state index in [1.807, 2.05) is 0 Å². The van der Waals surface area contributed by atoms with E-state index in [-0.39, 0.29) is 4.77 Å². The Morgan fingerprint density at radius 1 is 1.25 bits per heavy atom. The SMILES string of the molecule is C#CC1(COP(=O)(O)OP(=O)(O)OP(=O)(O)O)OC(n2cc(F)c(=S)[nH]c2=S)C(F)C1O. The normalized spacial score (nSPS) is 29.8. The summed E-state index contributed by atoms with van der Waals surface area (Å²) in [5.74, 6) is 0.756. The molecule has 0 saturated carbocycles. The summed E-state index contributed by atoms with van der Waals surface area (Å²) in [6, 6.07) is 0. The molecule has 14 nitrogen and oxygen atoms in total. The van der Waals surface area contributed by atoms with Gasteiger partial charge >= 0.3 is 23.5 Å². The number of terminal acetylenes is 1. The molecule has 2 rings (SSSR count). The number of hydrogen-bond donors (Lipinski definition) is 6. The van der Waals surface area contributed by atoms with Gasteiger partial charge in [0.1, 0.15) is 17.4 Å². The van der Waals surface area contributed by atoms with Crippen LogP contribution in [0.2, 0.25) is 0 Å². The van der Waals surface area contributed by atoms with Gasteiger partial charge in [-0.15, -0.1) is 6.42 Å². The number of aromatic amines is 1. The molecule has 180 valence electrons. The molecule has 0 spiro atoms. The zero-order valence-electron chi connectivity index (χ0n) is 15.0. The first kappa shape index (κ1) is 27.5. The Morgan fingerprint density at radius 3 is 2.38 bits per heavy atom. The van der Waals surface area contributed by atoms with E-state index >= 15 is 0 Å². The van der Waals surface area contributed by atoms with Gasteiger partial charge in [-0.2, -0.15) is 8.62 Å². The molecule has 0 aromatic carbocycles. The van der Waals surface area contributed by atoms with Crippen molar-refractivity contribution in [2.75, 3.05) is 6.61 Å². The van der Waals surface area contributed by atoms with Gasteiger partial charge in [-0.05, 0) is 12.2 Å². The highest BCUT2D eigenvalue weighted by atomic mass is 32.1. The number of phosphoric ester groups is 1. The lowest BCUT2D eigenvalue weighted by Gasteiger charge is -2.27. The van der Waals surface area contributed by atoms with Crippen LogP contribution in [-0.2, 0) is 31.6 Å². The van der Waals surface area contributed by atoms with Gasteiger partial charge in [0.05, 0.1) is 0 Å². The Balaban J connectivity index is 2.26. The van der Waals surface area contributed by atoms with Crippen molar-refractivity contribution in [2.24, 2.45) is 0 Å². The number of hydrogen-bond acceptors (Lipinski definition) is 10. The molecule has 6 atom stereocenters. The molecular formula is C11H13F2N2O12P3S2. The van der Waals surface area contributed by atoms with Crippen LogP contribution in [0.15, 0.2) is 6.20 Å². The third kappa shape index (κ3) is 6.44. The second kappa shape index (κ2) is 9.49. The smallest absolute Gasteiger partial charge is 0.386 e. The number of rotatable bonds is 8. The van der Waals surface area contributed by atoms with Gasteiger partial charge in [-0.25, -0.2) is 22.5 Å². The summed E-state index contributed by atoms with van der Waals surface area (Å²) in [5.41, 5.74) is -2.53. The van der Waals surface area contributed by atoms with Crippen molar-refractivity contribution in [2.45, 2.75) is 24.1 Å². The van der Waals surface area contributed by atoms with Crippen LogP contribution in [0.5, 0.6) is 0 Å². The number of aliphatic hydroxyl groups excluding tert-OH is 1. The summed E-state index contributed by atoms with van der Waals surface area (Å²) >= 11 is 9.52. The van der Waals surface area contributed by atoms with E-state index in [4.69, 9.17) is 38.1 Å². The van der Waals surface area contributed by atoms with Gasteiger partial charge in [0, 0.05) is 6.20 Å². The maximum atomic E-state index is 14.7. The standard InChI is InChI=1S/C11H13F2N2O12P3S2/c1-2-11(4-24-29(20,21)27-30(22,23)26-28(17,18)19)7(16)6(13)9(25-11)15-3-5(12)8(31)14-10(15)32/h1,3,6-7,9,16H,4H2,(H,20,21)(H,22,23)(H,14,31,32)(H2,17,18,19). The van der Waals surface area contributed by atoms with E-state index in [0.29, 0.717) is 10.8 Å². The zero-order valence-corrected chi connectivity index (χ0v) is 19.4. The van der Waals surface area contributed by atoms with Gasteiger partial charge in [0.15, 0.2) is 28.6 Å². The first-order valence-electron chi connectivity index (χ1n) is 7.69. The van der Waals surface area contributed by atoms with Crippen molar-refractivity contribution in [3.63, 3.8) is 0 Å². The Morgan fingerprint density at radius 2 is 1.84 bits per heavy atom. The number of halogens is 2. The molecule has 1 fully saturated rings. The highest BCUT2D eigenvalue weighted by Gasteiger charge is 2.57. The molecule has 6 unspecified atom stereocenters. The third-order valence-corrected chi connectivity index (χ3v) is 8.08. The largest absolute Gasteiger partial charge is 0.490 e. The van der Waals surface area contributed by atoms with Crippen molar-refractivity contribution in [1.82, 2.24) is 9.55 Å². The van der Waals surface area contributed by atoms with Crippen LogP contribution < -0.4 is 0 Å². The first-order chi connectivity index (χ1) is 14.4. The average molecular weight is 560 g/mol. The Bertz CT molecular complexity index is 1200. The van der Waals surface area contributed by atoms with Gasteiger partial charge < -0.3 is 34.4 Å². The summed E-state index contributed by atoms with van der Waals surface area (Å²) < 4.78 is 78.8. The first-order valence-corrected chi connectivity index (χ1v) is 13.0. The molecule has 1 aromatic rings.